The van der Waals surface area contributed by atoms with Crippen LogP contribution in [-0.4, -0.2) is 0 Å². The van der Waals surface area contributed by atoms with Gasteiger partial charge in [-0.2, -0.15) is 0 Å². The first-order valence-corrected chi connectivity index (χ1v) is 5.64. The molecule has 0 saturated heterocycles. The molecule has 0 unspecified atom stereocenters. The molecule has 0 aromatic heterocycles. The molecule has 17 heavy (non-hydrogen) atoms. The fourth-order valence-electron chi connectivity index (χ4n) is 1.90. The van der Waals surface area contributed by atoms with Gasteiger partial charge in [0.05, 0.1) is 0 Å². The van der Waals surface area contributed by atoms with Gasteiger partial charge in [0.1, 0.15) is 0 Å². The molecule has 0 amide bonds. The molecule has 0 saturated carbocycles. The third-order valence-electron chi connectivity index (χ3n) is 2.76. The molecule has 0 bridgehead atoms. The molecule has 0 heterocycles. The Morgan fingerprint density at radius 2 is 1.47 bits per heavy atom. The highest BCUT2D eigenvalue weighted by Gasteiger charge is 1.96. The molecule has 1 N–H and O–H groups in total. The minimum absolute atomic E-state index is 1.08. The molecule has 3 aromatic rings. The Morgan fingerprint density at radius 3 is 2.29 bits per heavy atom. The van der Waals surface area contributed by atoms with Crippen LogP contribution >= 0.6 is 0 Å². The van der Waals surface area contributed by atoms with Crippen LogP contribution in [0.4, 0.5) is 11.4 Å². The van der Waals surface area contributed by atoms with Crippen LogP contribution in [0.25, 0.3) is 10.8 Å². The van der Waals surface area contributed by atoms with Crippen molar-refractivity contribution in [3.05, 3.63) is 72.8 Å². The fraction of sp³-hybridized carbons (Fsp3) is 0. The Balaban J connectivity index is 1.96. The Kier molecular flexibility index (Phi) is 2.51. The van der Waals surface area contributed by atoms with Crippen molar-refractivity contribution in [2.45, 2.75) is 0 Å². The summed E-state index contributed by atoms with van der Waals surface area (Å²) in [6, 6.07) is 25.6. The highest BCUT2D eigenvalue weighted by molar-refractivity contribution is 5.86. The van der Waals surface area contributed by atoms with E-state index in [-0.39, 0.29) is 0 Å². The molecule has 1 radical (unpaired) electrons. The topological polar surface area (TPSA) is 12.0 Å². The first kappa shape index (κ1) is 9.91. The maximum atomic E-state index is 3.38. The summed E-state index contributed by atoms with van der Waals surface area (Å²) < 4.78 is 0. The van der Waals surface area contributed by atoms with E-state index >= 15 is 0 Å². The van der Waals surface area contributed by atoms with Gasteiger partial charge >= 0.3 is 0 Å². The van der Waals surface area contributed by atoms with Crippen LogP contribution in [0.2, 0.25) is 0 Å². The van der Waals surface area contributed by atoms with Gasteiger partial charge in [-0.05, 0) is 41.1 Å². The summed E-state index contributed by atoms with van der Waals surface area (Å²) in [6.07, 6.45) is 0. The number of hydrogen-bond acceptors (Lipinski definition) is 1. The van der Waals surface area contributed by atoms with E-state index in [1.54, 1.807) is 0 Å². The summed E-state index contributed by atoms with van der Waals surface area (Å²) in [4.78, 5) is 0. The molecule has 0 spiro atoms. The molecular formula is C16H12N. The van der Waals surface area contributed by atoms with Crippen molar-refractivity contribution in [3.63, 3.8) is 0 Å². The minimum Gasteiger partial charge on any atom is -0.356 e. The molecule has 0 aliphatic carbocycles. The molecule has 81 valence electrons. The lowest BCUT2D eigenvalue weighted by atomic mass is 10.1. The third-order valence-corrected chi connectivity index (χ3v) is 2.76. The average Bonchev–Trinajstić information content (AvgIpc) is 2.40. The van der Waals surface area contributed by atoms with E-state index in [0.29, 0.717) is 0 Å². The van der Waals surface area contributed by atoms with Gasteiger partial charge in [0, 0.05) is 11.4 Å². The average molecular weight is 218 g/mol. The van der Waals surface area contributed by atoms with Crippen LogP contribution in [0.3, 0.4) is 0 Å². The standard InChI is InChI=1S/C16H12N/c1-2-8-15(9-3-1)17-16-11-10-13-6-4-5-7-14(13)12-16/h2-12,17H. The quantitative estimate of drug-likeness (QED) is 0.673. The lowest BCUT2D eigenvalue weighted by Crippen LogP contribution is -1.89. The SMILES string of the molecule is [c]1ccc(Nc2ccc3ccccc3c2)cc1. The lowest BCUT2D eigenvalue weighted by Gasteiger charge is -2.07. The number of anilines is 2. The normalized spacial score (nSPS) is 10.4. The van der Waals surface area contributed by atoms with Crippen molar-refractivity contribution in [2.75, 3.05) is 5.32 Å². The lowest BCUT2D eigenvalue weighted by molar-refractivity contribution is 1.56. The Morgan fingerprint density at radius 1 is 0.706 bits per heavy atom. The van der Waals surface area contributed by atoms with Gasteiger partial charge in [0.25, 0.3) is 0 Å². The van der Waals surface area contributed by atoms with E-state index in [4.69, 9.17) is 0 Å². The Bertz CT molecular complexity index is 629. The van der Waals surface area contributed by atoms with E-state index in [1.165, 1.54) is 10.8 Å². The van der Waals surface area contributed by atoms with Gasteiger partial charge in [-0.15, -0.1) is 0 Å². The van der Waals surface area contributed by atoms with Gasteiger partial charge in [-0.1, -0.05) is 42.5 Å². The molecule has 3 rings (SSSR count). The molecule has 0 aliphatic heterocycles. The highest BCUT2D eigenvalue weighted by Crippen LogP contribution is 2.21. The van der Waals surface area contributed by atoms with Gasteiger partial charge in [0.15, 0.2) is 0 Å². The van der Waals surface area contributed by atoms with Crippen molar-refractivity contribution in [1.29, 1.82) is 0 Å². The Hall–Kier alpha value is -2.28. The smallest absolute Gasteiger partial charge is 0.0390 e. The van der Waals surface area contributed by atoms with Crippen LogP contribution in [-0.2, 0) is 0 Å². The van der Waals surface area contributed by atoms with Crippen LogP contribution in [0.1, 0.15) is 0 Å². The van der Waals surface area contributed by atoms with Crippen molar-refractivity contribution in [3.8, 4) is 0 Å². The summed E-state index contributed by atoms with van der Waals surface area (Å²) in [5, 5.41) is 5.89. The van der Waals surface area contributed by atoms with Crippen LogP contribution in [0.15, 0.2) is 66.7 Å². The molecule has 0 atom stereocenters. The van der Waals surface area contributed by atoms with Crippen LogP contribution in [0, 0.1) is 6.07 Å². The van der Waals surface area contributed by atoms with E-state index in [0.717, 1.165) is 11.4 Å². The molecule has 0 fully saturated rings. The monoisotopic (exact) mass is 218 g/mol. The maximum Gasteiger partial charge on any atom is 0.0390 e. The summed E-state index contributed by atoms with van der Waals surface area (Å²) in [5.74, 6) is 0. The Labute approximate surface area is 101 Å². The zero-order chi connectivity index (χ0) is 11.5. The van der Waals surface area contributed by atoms with Gasteiger partial charge < -0.3 is 5.32 Å². The number of nitrogens with one attached hydrogen (secondary N) is 1. The van der Waals surface area contributed by atoms with E-state index < -0.39 is 0 Å². The molecular weight excluding hydrogens is 206 g/mol. The second-order valence-electron chi connectivity index (χ2n) is 3.98. The van der Waals surface area contributed by atoms with E-state index in [2.05, 4.69) is 53.8 Å². The predicted octanol–water partition coefficient (Wildman–Crippen LogP) is 4.38. The summed E-state index contributed by atoms with van der Waals surface area (Å²) in [5.41, 5.74) is 2.19. The molecule has 1 heteroatoms. The zero-order valence-electron chi connectivity index (χ0n) is 9.35. The second-order valence-corrected chi connectivity index (χ2v) is 3.98. The fourth-order valence-corrected chi connectivity index (χ4v) is 1.90. The van der Waals surface area contributed by atoms with Crippen LogP contribution < -0.4 is 5.32 Å². The van der Waals surface area contributed by atoms with Crippen LogP contribution in [0.5, 0.6) is 0 Å². The number of hydrogen-bond donors (Lipinski definition) is 1. The van der Waals surface area contributed by atoms with E-state index in [9.17, 15) is 0 Å². The first-order chi connectivity index (χ1) is 8.42. The minimum atomic E-state index is 1.08. The molecule has 3 aromatic carbocycles. The summed E-state index contributed by atoms with van der Waals surface area (Å²) in [7, 11) is 0. The maximum absolute atomic E-state index is 3.38. The van der Waals surface area contributed by atoms with Gasteiger partial charge in [-0.25, -0.2) is 0 Å². The van der Waals surface area contributed by atoms with E-state index in [1.807, 2.05) is 24.3 Å². The summed E-state index contributed by atoms with van der Waals surface area (Å²) in [6.45, 7) is 0. The number of fused-ring (bicyclic) bond motifs is 1. The zero-order valence-corrected chi connectivity index (χ0v) is 9.35. The van der Waals surface area contributed by atoms with Crippen molar-refractivity contribution >= 4 is 22.1 Å². The summed E-state index contributed by atoms with van der Waals surface area (Å²) >= 11 is 0. The molecule has 1 nitrogen and oxygen atoms in total. The highest BCUT2D eigenvalue weighted by atomic mass is 14.9. The second kappa shape index (κ2) is 4.30. The third kappa shape index (κ3) is 2.13. The largest absolute Gasteiger partial charge is 0.356 e. The van der Waals surface area contributed by atoms with Gasteiger partial charge in [0.2, 0.25) is 0 Å². The predicted molar refractivity (Wildman–Crippen MR) is 72.5 cm³/mol. The first-order valence-electron chi connectivity index (χ1n) is 5.64. The van der Waals surface area contributed by atoms with Gasteiger partial charge in [-0.3, -0.25) is 0 Å². The number of benzene rings is 3. The van der Waals surface area contributed by atoms with Crippen molar-refractivity contribution in [2.24, 2.45) is 0 Å². The number of rotatable bonds is 2. The van der Waals surface area contributed by atoms with Crippen molar-refractivity contribution < 1.29 is 0 Å². The molecule has 0 aliphatic rings. The van der Waals surface area contributed by atoms with Crippen molar-refractivity contribution in [1.82, 2.24) is 0 Å².